The Morgan fingerprint density at radius 1 is 0.964 bits per heavy atom. The van der Waals surface area contributed by atoms with Gasteiger partial charge in [0.1, 0.15) is 0 Å². The Labute approximate surface area is 167 Å². The maximum atomic E-state index is 13.2. The van der Waals surface area contributed by atoms with Crippen LogP contribution in [0.2, 0.25) is 0 Å². The lowest BCUT2D eigenvalue weighted by atomic mass is 10.1. The van der Waals surface area contributed by atoms with Crippen LogP contribution in [0.5, 0.6) is 0 Å². The zero-order valence-corrected chi connectivity index (χ0v) is 16.8. The van der Waals surface area contributed by atoms with E-state index >= 15 is 0 Å². The zero-order valence-electron chi connectivity index (χ0n) is 16.0. The summed E-state index contributed by atoms with van der Waals surface area (Å²) in [7, 11) is -3.54. The van der Waals surface area contributed by atoms with E-state index in [1.54, 1.807) is 28.6 Å². The van der Waals surface area contributed by atoms with Gasteiger partial charge in [0.05, 0.1) is 4.90 Å². The molecule has 2 aromatic carbocycles. The minimum atomic E-state index is -3.54. The van der Waals surface area contributed by atoms with E-state index in [1.165, 1.54) is 0 Å². The lowest BCUT2D eigenvalue weighted by Crippen LogP contribution is -2.36. The fourth-order valence-electron chi connectivity index (χ4n) is 3.74. The van der Waals surface area contributed by atoms with Crippen molar-refractivity contribution in [2.75, 3.05) is 13.1 Å². The Morgan fingerprint density at radius 3 is 2.36 bits per heavy atom. The molecule has 6 heteroatoms. The predicted molar refractivity (Wildman–Crippen MR) is 108 cm³/mol. The van der Waals surface area contributed by atoms with Gasteiger partial charge in [0, 0.05) is 31.2 Å². The molecule has 0 atom stereocenters. The van der Waals surface area contributed by atoms with Crippen molar-refractivity contribution in [2.45, 2.75) is 49.6 Å². The molecule has 0 N–H and O–H groups in total. The highest BCUT2D eigenvalue weighted by molar-refractivity contribution is 7.89. The van der Waals surface area contributed by atoms with E-state index in [2.05, 4.69) is 0 Å². The number of carbonyl (C=O) groups is 1. The molecule has 0 bridgehead atoms. The fourth-order valence-corrected chi connectivity index (χ4v) is 5.31. The number of rotatable bonds is 6. The smallest absolute Gasteiger partial charge is 0.254 e. The second kappa shape index (κ2) is 8.05. The van der Waals surface area contributed by atoms with Gasteiger partial charge in [-0.25, -0.2) is 8.42 Å². The number of hydrogen-bond donors (Lipinski definition) is 0. The van der Waals surface area contributed by atoms with Gasteiger partial charge in [-0.3, -0.25) is 4.79 Å². The second-order valence-corrected chi connectivity index (χ2v) is 9.58. The Kier molecular flexibility index (Phi) is 5.51. The average molecular weight is 399 g/mol. The quantitative estimate of drug-likeness (QED) is 0.746. The summed E-state index contributed by atoms with van der Waals surface area (Å²) in [6.07, 6.45) is 4.86. The molecular formula is C22H26N2O3S. The van der Waals surface area contributed by atoms with Crippen molar-refractivity contribution in [3.8, 4) is 0 Å². The predicted octanol–water partition coefficient (Wildman–Crippen LogP) is 3.67. The summed E-state index contributed by atoms with van der Waals surface area (Å²) in [5.74, 6) is -0.0953. The Hall–Kier alpha value is -2.18. The number of nitrogens with zero attached hydrogens (tertiary/aromatic N) is 2. The van der Waals surface area contributed by atoms with Crippen LogP contribution in [0.4, 0.5) is 0 Å². The van der Waals surface area contributed by atoms with Crippen LogP contribution in [0.3, 0.4) is 0 Å². The lowest BCUT2D eigenvalue weighted by molar-refractivity contribution is 0.0729. The molecule has 2 aromatic rings. The van der Waals surface area contributed by atoms with Crippen LogP contribution in [-0.4, -0.2) is 42.7 Å². The van der Waals surface area contributed by atoms with Gasteiger partial charge in [0.15, 0.2) is 0 Å². The summed E-state index contributed by atoms with van der Waals surface area (Å²) >= 11 is 0. The largest absolute Gasteiger partial charge is 0.331 e. The number of sulfonamides is 1. The molecule has 148 valence electrons. The molecule has 0 spiro atoms. The van der Waals surface area contributed by atoms with E-state index in [0.717, 1.165) is 37.7 Å². The second-order valence-electron chi connectivity index (χ2n) is 7.64. The monoisotopic (exact) mass is 398 g/mol. The van der Waals surface area contributed by atoms with Crippen LogP contribution in [0.1, 0.15) is 48.0 Å². The standard InChI is InChI=1S/C22H26N2O3S/c25-22(24(20-12-13-20)17-18-8-3-1-4-9-18)19-10-7-11-21(16-19)28(26,27)23-14-5-2-6-15-23/h1,3-4,7-11,16,20H,2,5-6,12-15,17H2. The summed E-state index contributed by atoms with van der Waals surface area (Å²) in [5, 5.41) is 0. The summed E-state index contributed by atoms with van der Waals surface area (Å²) in [6, 6.07) is 16.7. The zero-order chi connectivity index (χ0) is 19.6. The highest BCUT2D eigenvalue weighted by Gasteiger charge is 2.34. The minimum Gasteiger partial charge on any atom is -0.331 e. The van der Waals surface area contributed by atoms with Gasteiger partial charge in [-0.15, -0.1) is 0 Å². The topological polar surface area (TPSA) is 57.7 Å². The van der Waals surface area contributed by atoms with Crippen LogP contribution < -0.4 is 0 Å². The molecule has 0 radical (unpaired) electrons. The molecule has 1 heterocycles. The number of benzene rings is 2. The van der Waals surface area contributed by atoms with Gasteiger partial charge < -0.3 is 4.90 Å². The van der Waals surface area contributed by atoms with Gasteiger partial charge in [-0.05, 0) is 49.4 Å². The van der Waals surface area contributed by atoms with E-state index < -0.39 is 10.0 Å². The molecular weight excluding hydrogens is 372 g/mol. The Balaban J connectivity index is 1.58. The molecule has 1 aliphatic carbocycles. The first-order valence-corrected chi connectivity index (χ1v) is 11.4. The summed E-state index contributed by atoms with van der Waals surface area (Å²) < 4.78 is 27.5. The molecule has 0 aromatic heterocycles. The normalized spacial score (nSPS) is 18.0. The van der Waals surface area contributed by atoms with E-state index in [-0.39, 0.29) is 16.8 Å². The van der Waals surface area contributed by atoms with E-state index in [0.29, 0.717) is 25.2 Å². The summed E-state index contributed by atoms with van der Waals surface area (Å²) in [4.78, 5) is 15.3. The van der Waals surface area contributed by atoms with Crippen molar-refractivity contribution in [3.63, 3.8) is 0 Å². The number of carbonyl (C=O) groups excluding carboxylic acids is 1. The first-order valence-electron chi connectivity index (χ1n) is 10.0. The number of hydrogen-bond acceptors (Lipinski definition) is 3. The molecule has 2 aliphatic rings. The number of amides is 1. The maximum absolute atomic E-state index is 13.2. The first-order chi connectivity index (χ1) is 13.6. The van der Waals surface area contributed by atoms with Crippen LogP contribution in [0.15, 0.2) is 59.5 Å². The minimum absolute atomic E-state index is 0.0953. The van der Waals surface area contributed by atoms with Crippen LogP contribution in [0, 0.1) is 0 Å². The molecule has 1 saturated heterocycles. The Bertz CT molecular complexity index is 933. The molecule has 0 unspecified atom stereocenters. The van der Waals surface area contributed by atoms with Crippen LogP contribution >= 0.6 is 0 Å². The van der Waals surface area contributed by atoms with Gasteiger partial charge in [0.25, 0.3) is 5.91 Å². The van der Waals surface area contributed by atoms with Crippen molar-refractivity contribution in [2.24, 2.45) is 0 Å². The SMILES string of the molecule is O=C(c1cccc(S(=O)(=O)N2CCCCC2)c1)N(Cc1ccccc1)C1CC1. The molecule has 28 heavy (non-hydrogen) atoms. The molecule has 1 amide bonds. The van der Waals surface area contributed by atoms with Crippen LogP contribution in [0.25, 0.3) is 0 Å². The molecule has 5 nitrogen and oxygen atoms in total. The summed E-state index contributed by atoms with van der Waals surface area (Å²) in [6.45, 7) is 1.67. The van der Waals surface area contributed by atoms with Crippen molar-refractivity contribution in [3.05, 3.63) is 65.7 Å². The fraction of sp³-hybridized carbons (Fsp3) is 0.409. The van der Waals surface area contributed by atoms with Gasteiger partial charge in [0.2, 0.25) is 10.0 Å². The third-order valence-corrected chi connectivity index (χ3v) is 7.37. The molecule has 2 fully saturated rings. The summed E-state index contributed by atoms with van der Waals surface area (Å²) in [5.41, 5.74) is 1.53. The highest BCUT2D eigenvalue weighted by Crippen LogP contribution is 2.30. The first kappa shape index (κ1) is 19.2. The van der Waals surface area contributed by atoms with Gasteiger partial charge in [-0.2, -0.15) is 4.31 Å². The lowest BCUT2D eigenvalue weighted by Gasteiger charge is -2.26. The van der Waals surface area contributed by atoms with E-state index in [1.807, 2.05) is 35.2 Å². The third kappa shape index (κ3) is 4.13. The van der Waals surface area contributed by atoms with Crippen molar-refractivity contribution >= 4 is 15.9 Å². The maximum Gasteiger partial charge on any atom is 0.254 e. The van der Waals surface area contributed by atoms with Crippen molar-refractivity contribution < 1.29 is 13.2 Å². The number of piperidine rings is 1. The van der Waals surface area contributed by atoms with Crippen molar-refractivity contribution in [1.29, 1.82) is 0 Å². The molecule has 4 rings (SSSR count). The Morgan fingerprint density at radius 2 is 1.68 bits per heavy atom. The molecule has 1 saturated carbocycles. The van der Waals surface area contributed by atoms with Gasteiger partial charge >= 0.3 is 0 Å². The third-order valence-electron chi connectivity index (χ3n) is 5.48. The van der Waals surface area contributed by atoms with Crippen molar-refractivity contribution in [1.82, 2.24) is 9.21 Å². The van der Waals surface area contributed by atoms with Crippen LogP contribution in [-0.2, 0) is 16.6 Å². The van der Waals surface area contributed by atoms with E-state index in [9.17, 15) is 13.2 Å². The average Bonchev–Trinajstić information content (AvgIpc) is 3.58. The highest BCUT2D eigenvalue weighted by atomic mass is 32.2. The van der Waals surface area contributed by atoms with Gasteiger partial charge in [-0.1, -0.05) is 42.8 Å². The van der Waals surface area contributed by atoms with E-state index in [4.69, 9.17) is 0 Å². The molecule has 1 aliphatic heterocycles.